The predicted octanol–water partition coefficient (Wildman–Crippen LogP) is 1.62. The quantitative estimate of drug-likeness (QED) is 0.630. The molecule has 3 aliphatic heterocycles. The number of piperazine rings is 1. The highest BCUT2D eigenvalue weighted by atomic mass is 16.7. The molecular formula is C25H27N5O5. The van der Waals surface area contributed by atoms with Crippen molar-refractivity contribution in [2.24, 2.45) is 4.99 Å². The number of hydrogen-bond donors (Lipinski definition) is 2. The Morgan fingerprint density at radius 2 is 1.80 bits per heavy atom. The summed E-state index contributed by atoms with van der Waals surface area (Å²) in [5.41, 5.74) is 2.27. The van der Waals surface area contributed by atoms with Crippen molar-refractivity contribution in [2.75, 3.05) is 38.3 Å². The summed E-state index contributed by atoms with van der Waals surface area (Å²) in [7, 11) is 0. The van der Waals surface area contributed by atoms with E-state index in [1.807, 2.05) is 23.1 Å². The van der Waals surface area contributed by atoms with Crippen LogP contribution < -0.4 is 20.1 Å². The van der Waals surface area contributed by atoms with Crippen molar-refractivity contribution in [2.45, 2.75) is 25.9 Å². The van der Waals surface area contributed by atoms with E-state index in [9.17, 15) is 14.4 Å². The fourth-order valence-corrected chi connectivity index (χ4v) is 4.32. The van der Waals surface area contributed by atoms with Crippen LogP contribution in [0.15, 0.2) is 47.5 Å². The van der Waals surface area contributed by atoms with Gasteiger partial charge in [-0.25, -0.2) is 4.99 Å². The van der Waals surface area contributed by atoms with Crippen molar-refractivity contribution in [1.82, 2.24) is 15.1 Å². The molecular weight excluding hydrogens is 450 g/mol. The Labute approximate surface area is 202 Å². The number of carbonyl (C=O) groups is 3. The van der Waals surface area contributed by atoms with Gasteiger partial charge >= 0.3 is 0 Å². The number of anilines is 1. The zero-order valence-corrected chi connectivity index (χ0v) is 19.5. The van der Waals surface area contributed by atoms with Gasteiger partial charge < -0.3 is 19.7 Å². The molecule has 1 fully saturated rings. The van der Waals surface area contributed by atoms with Crippen LogP contribution in [0.2, 0.25) is 0 Å². The van der Waals surface area contributed by atoms with Crippen molar-refractivity contribution >= 4 is 29.2 Å². The molecule has 2 amide bonds. The van der Waals surface area contributed by atoms with Gasteiger partial charge in [-0.3, -0.25) is 24.6 Å². The number of nitrogens with zero attached hydrogens (tertiary/aromatic N) is 3. The fraction of sp³-hybridized carbons (Fsp3) is 0.360. The predicted molar refractivity (Wildman–Crippen MR) is 128 cm³/mol. The second kappa shape index (κ2) is 9.75. The van der Waals surface area contributed by atoms with E-state index < -0.39 is 6.04 Å². The van der Waals surface area contributed by atoms with Gasteiger partial charge in [0.15, 0.2) is 17.3 Å². The highest BCUT2D eigenvalue weighted by Gasteiger charge is 2.30. The number of Topliss-reactive ketones (excluding diaryl/α,β-unsaturated/α-hetero) is 1. The Morgan fingerprint density at radius 3 is 2.54 bits per heavy atom. The van der Waals surface area contributed by atoms with E-state index in [1.165, 1.54) is 6.92 Å². The van der Waals surface area contributed by atoms with Crippen molar-refractivity contribution in [3.05, 3.63) is 53.6 Å². The van der Waals surface area contributed by atoms with E-state index in [1.54, 1.807) is 24.3 Å². The second-order valence-corrected chi connectivity index (χ2v) is 8.79. The number of hydrogen-bond acceptors (Lipinski definition) is 8. The number of carbonyl (C=O) groups excluding carboxylic acids is 3. The fourth-order valence-electron chi connectivity index (χ4n) is 4.32. The largest absolute Gasteiger partial charge is 0.454 e. The maximum atomic E-state index is 12.8. The molecule has 0 aliphatic carbocycles. The van der Waals surface area contributed by atoms with E-state index in [2.05, 4.69) is 20.5 Å². The molecule has 0 unspecified atom stereocenters. The molecule has 2 aromatic rings. The first-order chi connectivity index (χ1) is 16.9. The molecule has 0 aromatic heterocycles. The van der Waals surface area contributed by atoms with Gasteiger partial charge in [-0.2, -0.15) is 0 Å². The second-order valence-electron chi connectivity index (χ2n) is 8.79. The number of aliphatic imine (C=N–C) groups is 1. The van der Waals surface area contributed by atoms with Crippen molar-refractivity contribution in [3.8, 4) is 11.5 Å². The van der Waals surface area contributed by atoms with Crippen LogP contribution in [-0.4, -0.2) is 72.4 Å². The zero-order valence-electron chi connectivity index (χ0n) is 19.5. The van der Waals surface area contributed by atoms with Crippen molar-refractivity contribution < 1.29 is 23.9 Å². The van der Waals surface area contributed by atoms with Crippen LogP contribution in [0.4, 0.5) is 5.69 Å². The van der Waals surface area contributed by atoms with Gasteiger partial charge in [0, 0.05) is 44.0 Å². The number of guanidine groups is 1. The number of nitrogens with one attached hydrogen (secondary N) is 2. The third-order valence-corrected chi connectivity index (χ3v) is 6.28. The number of ketones is 1. The SMILES string of the molecule is CC(=O)c1ccc(NC(=O)[C@H]2CC(=O)NC(N3CCN(Cc4ccc5c(c4)OCO5)CC3)=N2)cc1. The highest BCUT2D eigenvalue weighted by Crippen LogP contribution is 2.32. The van der Waals surface area contributed by atoms with Gasteiger partial charge in [-0.05, 0) is 48.9 Å². The molecule has 0 saturated carbocycles. The summed E-state index contributed by atoms with van der Waals surface area (Å²) >= 11 is 0. The van der Waals surface area contributed by atoms with Crippen LogP contribution in [0.5, 0.6) is 11.5 Å². The number of amides is 2. The Balaban J connectivity index is 1.18. The lowest BCUT2D eigenvalue weighted by Crippen LogP contribution is -2.56. The first kappa shape index (κ1) is 22.9. The molecule has 1 atom stereocenters. The number of rotatable bonds is 5. The summed E-state index contributed by atoms with van der Waals surface area (Å²) in [4.78, 5) is 45.4. The van der Waals surface area contributed by atoms with Crippen molar-refractivity contribution in [3.63, 3.8) is 0 Å². The number of ether oxygens (including phenoxy) is 2. The Kier molecular flexibility index (Phi) is 6.37. The van der Waals surface area contributed by atoms with E-state index in [0.29, 0.717) is 30.3 Å². The molecule has 35 heavy (non-hydrogen) atoms. The standard InChI is InChI=1S/C25H27N5O5/c1-16(31)18-3-5-19(6-4-18)26-24(33)20-13-23(32)28-25(27-20)30-10-8-29(9-11-30)14-17-2-7-21-22(12-17)35-15-34-21/h2-7,12,20H,8-11,13-15H2,1H3,(H,26,33)(H,27,28,32)/t20-/m1/s1. The minimum absolute atomic E-state index is 0.00899. The molecule has 182 valence electrons. The number of fused-ring (bicyclic) bond motifs is 1. The first-order valence-corrected chi connectivity index (χ1v) is 11.6. The summed E-state index contributed by atoms with van der Waals surface area (Å²) in [6.45, 7) is 5.50. The smallest absolute Gasteiger partial charge is 0.249 e. The summed E-state index contributed by atoms with van der Waals surface area (Å²) in [5, 5.41) is 5.61. The molecule has 3 aliphatic rings. The average Bonchev–Trinajstić information content (AvgIpc) is 3.32. The summed E-state index contributed by atoms with van der Waals surface area (Å²) < 4.78 is 10.8. The molecule has 3 heterocycles. The monoisotopic (exact) mass is 477 g/mol. The first-order valence-electron chi connectivity index (χ1n) is 11.6. The lowest BCUT2D eigenvalue weighted by atomic mass is 10.1. The third-order valence-electron chi connectivity index (χ3n) is 6.28. The van der Waals surface area contributed by atoms with E-state index in [4.69, 9.17) is 9.47 Å². The maximum Gasteiger partial charge on any atom is 0.249 e. The molecule has 0 bridgehead atoms. The van der Waals surface area contributed by atoms with Crippen LogP contribution in [0.25, 0.3) is 0 Å². The molecule has 10 heteroatoms. The van der Waals surface area contributed by atoms with Gasteiger partial charge in [0.25, 0.3) is 0 Å². The maximum absolute atomic E-state index is 12.8. The Bertz CT molecular complexity index is 1170. The Hall–Kier alpha value is -3.92. The van der Waals surface area contributed by atoms with Crippen LogP contribution in [0.1, 0.15) is 29.3 Å². The summed E-state index contributed by atoms with van der Waals surface area (Å²) in [5.74, 6) is 1.36. The average molecular weight is 478 g/mol. The number of benzene rings is 2. The van der Waals surface area contributed by atoms with E-state index >= 15 is 0 Å². The van der Waals surface area contributed by atoms with Gasteiger partial charge in [0.1, 0.15) is 6.04 Å². The molecule has 10 nitrogen and oxygen atoms in total. The van der Waals surface area contributed by atoms with Gasteiger partial charge in [-0.1, -0.05) is 6.07 Å². The lowest BCUT2D eigenvalue weighted by Gasteiger charge is -2.37. The topological polar surface area (TPSA) is 113 Å². The van der Waals surface area contributed by atoms with Gasteiger partial charge in [0.05, 0.1) is 6.42 Å². The van der Waals surface area contributed by atoms with Crippen LogP contribution in [0, 0.1) is 0 Å². The van der Waals surface area contributed by atoms with E-state index in [0.717, 1.165) is 36.7 Å². The van der Waals surface area contributed by atoms with E-state index in [-0.39, 0.29) is 30.8 Å². The molecule has 5 rings (SSSR count). The lowest BCUT2D eigenvalue weighted by molar-refractivity contribution is -0.125. The van der Waals surface area contributed by atoms with Gasteiger partial charge in [-0.15, -0.1) is 0 Å². The molecule has 0 spiro atoms. The minimum atomic E-state index is -0.808. The third kappa shape index (κ3) is 5.27. The zero-order chi connectivity index (χ0) is 24.4. The minimum Gasteiger partial charge on any atom is -0.454 e. The summed E-state index contributed by atoms with van der Waals surface area (Å²) in [6.07, 6.45) is -0.00899. The molecule has 2 N–H and O–H groups in total. The highest BCUT2D eigenvalue weighted by molar-refractivity contribution is 6.06. The normalized spacial score (nSPS) is 19.7. The van der Waals surface area contributed by atoms with Crippen LogP contribution in [0.3, 0.4) is 0 Å². The van der Waals surface area contributed by atoms with Crippen LogP contribution in [-0.2, 0) is 16.1 Å². The Morgan fingerprint density at radius 1 is 1.06 bits per heavy atom. The van der Waals surface area contributed by atoms with Gasteiger partial charge in [0.2, 0.25) is 24.6 Å². The molecule has 2 aromatic carbocycles. The van der Waals surface area contributed by atoms with Crippen molar-refractivity contribution in [1.29, 1.82) is 0 Å². The molecule has 1 saturated heterocycles. The molecule has 0 radical (unpaired) electrons. The van der Waals surface area contributed by atoms with Crippen LogP contribution >= 0.6 is 0 Å². The summed E-state index contributed by atoms with van der Waals surface area (Å²) in [6, 6.07) is 11.8.